The van der Waals surface area contributed by atoms with Crippen molar-refractivity contribution in [3.8, 4) is 11.5 Å². The topological polar surface area (TPSA) is 72.8 Å². The lowest BCUT2D eigenvalue weighted by atomic mass is 10.0. The molecule has 1 N–H and O–H groups in total. The van der Waals surface area contributed by atoms with Crippen LogP contribution in [0.15, 0.2) is 35.2 Å². The van der Waals surface area contributed by atoms with E-state index in [0.29, 0.717) is 35.1 Å². The van der Waals surface area contributed by atoms with Gasteiger partial charge in [-0.3, -0.25) is 4.55 Å². The highest BCUT2D eigenvalue weighted by atomic mass is 35.5. The summed E-state index contributed by atoms with van der Waals surface area (Å²) in [4.78, 5) is -0.242. The molecule has 2 aromatic rings. The summed E-state index contributed by atoms with van der Waals surface area (Å²) >= 11 is 12.0. The molecule has 1 aliphatic rings. The molecule has 0 spiro atoms. The molecule has 1 heterocycles. The minimum Gasteiger partial charge on any atom is -0.486 e. The minimum absolute atomic E-state index is 0.242. The summed E-state index contributed by atoms with van der Waals surface area (Å²) < 4.78 is 43.5. The predicted molar refractivity (Wildman–Crippen MR) is 91.1 cm³/mol. The van der Waals surface area contributed by atoms with Crippen molar-refractivity contribution in [3.05, 3.63) is 51.5 Å². The van der Waals surface area contributed by atoms with Crippen LogP contribution in [-0.4, -0.2) is 25.7 Å². The van der Waals surface area contributed by atoms with Crippen molar-refractivity contribution in [1.82, 2.24) is 0 Å². The molecule has 24 heavy (non-hydrogen) atoms. The first-order valence-electron chi connectivity index (χ1n) is 7.09. The standard InChI is InChI=1S/C16H14Cl2O5S/c1-9-10(5-13(7-14(9)18)24(19,20)21)4-12-8-22-15-3-2-11(17)6-16(15)23-12/h2-3,5-7,12H,4,8H2,1H3,(H,19,20,21). The molecule has 0 fully saturated rings. The first kappa shape index (κ1) is 17.4. The van der Waals surface area contributed by atoms with Gasteiger partial charge in [0.25, 0.3) is 10.1 Å². The van der Waals surface area contributed by atoms with E-state index in [1.54, 1.807) is 25.1 Å². The van der Waals surface area contributed by atoms with Crippen LogP contribution in [0.4, 0.5) is 0 Å². The van der Waals surface area contributed by atoms with E-state index in [1.165, 1.54) is 12.1 Å². The summed E-state index contributed by atoms with van der Waals surface area (Å²) in [5, 5.41) is 0.797. The smallest absolute Gasteiger partial charge is 0.294 e. The molecule has 0 bridgehead atoms. The molecule has 1 atom stereocenters. The normalized spacial score (nSPS) is 16.9. The number of fused-ring (bicyclic) bond motifs is 1. The van der Waals surface area contributed by atoms with Crippen molar-refractivity contribution in [2.45, 2.75) is 24.3 Å². The van der Waals surface area contributed by atoms with Crippen molar-refractivity contribution in [2.24, 2.45) is 0 Å². The molecule has 1 aliphatic heterocycles. The van der Waals surface area contributed by atoms with Crippen LogP contribution in [-0.2, 0) is 16.5 Å². The van der Waals surface area contributed by atoms with Crippen LogP contribution in [0.1, 0.15) is 11.1 Å². The average Bonchev–Trinajstić information content (AvgIpc) is 2.50. The van der Waals surface area contributed by atoms with Gasteiger partial charge in [-0.2, -0.15) is 8.42 Å². The van der Waals surface area contributed by atoms with Crippen molar-refractivity contribution >= 4 is 33.3 Å². The lowest BCUT2D eigenvalue weighted by molar-refractivity contribution is 0.0912. The molecule has 3 rings (SSSR count). The first-order chi connectivity index (χ1) is 11.2. The van der Waals surface area contributed by atoms with Gasteiger partial charge in [0.2, 0.25) is 0 Å². The summed E-state index contributed by atoms with van der Waals surface area (Å²) in [7, 11) is -4.33. The maximum Gasteiger partial charge on any atom is 0.294 e. The SMILES string of the molecule is Cc1c(Cl)cc(S(=O)(=O)O)cc1CC1COc2ccc(Cl)cc2O1. The number of hydrogen-bond donors (Lipinski definition) is 1. The Morgan fingerprint density at radius 2 is 1.96 bits per heavy atom. The summed E-state index contributed by atoms with van der Waals surface area (Å²) in [6.45, 7) is 2.09. The van der Waals surface area contributed by atoms with E-state index in [-0.39, 0.29) is 16.0 Å². The predicted octanol–water partition coefficient (Wildman–Crippen LogP) is 3.93. The van der Waals surface area contributed by atoms with Crippen molar-refractivity contribution in [3.63, 3.8) is 0 Å². The van der Waals surface area contributed by atoms with Gasteiger partial charge in [0, 0.05) is 22.5 Å². The van der Waals surface area contributed by atoms with Gasteiger partial charge in [-0.1, -0.05) is 23.2 Å². The van der Waals surface area contributed by atoms with E-state index in [4.69, 9.17) is 32.7 Å². The first-order valence-corrected chi connectivity index (χ1v) is 9.29. The summed E-state index contributed by atoms with van der Waals surface area (Å²) in [6, 6.07) is 7.73. The molecule has 5 nitrogen and oxygen atoms in total. The quantitative estimate of drug-likeness (QED) is 0.806. The highest BCUT2D eigenvalue weighted by molar-refractivity contribution is 7.85. The molecular weight excluding hydrogens is 375 g/mol. The van der Waals surface area contributed by atoms with E-state index >= 15 is 0 Å². The Balaban J connectivity index is 1.88. The monoisotopic (exact) mass is 388 g/mol. The summed E-state index contributed by atoms with van der Waals surface area (Å²) in [5.41, 5.74) is 1.39. The molecule has 0 aromatic heterocycles. The molecule has 0 saturated carbocycles. The van der Waals surface area contributed by atoms with E-state index in [0.717, 1.165) is 5.56 Å². The fourth-order valence-corrected chi connectivity index (χ4v) is 3.53. The molecular formula is C16H14Cl2O5S. The van der Waals surface area contributed by atoms with Gasteiger partial charge in [0.15, 0.2) is 11.5 Å². The number of ether oxygens (including phenoxy) is 2. The zero-order valence-corrected chi connectivity index (χ0v) is 15.0. The second-order valence-electron chi connectivity index (χ2n) is 5.51. The number of halogens is 2. The van der Waals surface area contributed by atoms with Crippen LogP contribution in [0.3, 0.4) is 0 Å². The zero-order chi connectivity index (χ0) is 17.5. The van der Waals surface area contributed by atoms with Gasteiger partial charge in [0.1, 0.15) is 12.7 Å². The zero-order valence-electron chi connectivity index (χ0n) is 12.6. The lowest BCUT2D eigenvalue weighted by Gasteiger charge is -2.27. The van der Waals surface area contributed by atoms with Crippen LogP contribution in [0.5, 0.6) is 11.5 Å². The fraction of sp³-hybridized carbons (Fsp3) is 0.250. The Labute approximate surface area is 149 Å². The van der Waals surface area contributed by atoms with Crippen molar-refractivity contribution < 1.29 is 22.4 Å². The molecule has 8 heteroatoms. The maximum absolute atomic E-state index is 11.4. The van der Waals surface area contributed by atoms with Gasteiger partial charge in [-0.15, -0.1) is 0 Å². The largest absolute Gasteiger partial charge is 0.486 e. The van der Waals surface area contributed by atoms with Gasteiger partial charge in [-0.05, 0) is 42.3 Å². The van der Waals surface area contributed by atoms with Crippen LogP contribution in [0, 0.1) is 6.92 Å². The number of hydrogen-bond acceptors (Lipinski definition) is 4. The van der Waals surface area contributed by atoms with Crippen molar-refractivity contribution in [2.75, 3.05) is 6.61 Å². The molecule has 0 saturated heterocycles. The number of rotatable bonds is 3. The maximum atomic E-state index is 11.4. The van der Waals surface area contributed by atoms with Gasteiger partial charge < -0.3 is 9.47 Å². The third-order valence-electron chi connectivity index (χ3n) is 3.79. The fourth-order valence-electron chi connectivity index (χ4n) is 2.50. The van der Waals surface area contributed by atoms with Crippen LogP contribution >= 0.6 is 23.2 Å². The second kappa shape index (κ2) is 6.44. The summed E-state index contributed by atoms with van der Waals surface area (Å²) in [6.07, 6.45) is 0.0447. The Morgan fingerprint density at radius 1 is 1.21 bits per heavy atom. The lowest BCUT2D eigenvalue weighted by Crippen LogP contribution is -2.31. The Bertz CT molecular complexity index is 896. The third-order valence-corrected chi connectivity index (χ3v) is 5.25. The molecule has 2 aromatic carbocycles. The third kappa shape index (κ3) is 3.62. The highest BCUT2D eigenvalue weighted by Crippen LogP contribution is 2.35. The van der Waals surface area contributed by atoms with E-state index < -0.39 is 10.1 Å². The number of benzene rings is 2. The molecule has 0 aliphatic carbocycles. The van der Waals surface area contributed by atoms with Crippen LogP contribution < -0.4 is 9.47 Å². The Kier molecular flexibility index (Phi) is 4.66. The molecule has 1 unspecified atom stereocenters. The van der Waals surface area contributed by atoms with E-state index in [9.17, 15) is 13.0 Å². The van der Waals surface area contributed by atoms with Gasteiger partial charge in [-0.25, -0.2) is 0 Å². The Morgan fingerprint density at radius 3 is 2.67 bits per heavy atom. The molecule has 0 radical (unpaired) electrons. The van der Waals surface area contributed by atoms with Crippen molar-refractivity contribution in [1.29, 1.82) is 0 Å². The second-order valence-corrected chi connectivity index (χ2v) is 7.78. The minimum atomic E-state index is -4.33. The molecule has 128 valence electrons. The van der Waals surface area contributed by atoms with E-state index in [2.05, 4.69) is 0 Å². The van der Waals surface area contributed by atoms with Gasteiger partial charge >= 0.3 is 0 Å². The Hall–Kier alpha value is -1.47. The van der Waals surface area contributed by atoms with E-state index in [1.807, 2.05) is 0 Å². The van der Waals surface area contributed by atoms with Gasteiger partial charge in [0.05, 0.1) is 4.90 Å². The summed E-state index contributed by atoms with van der Waals surface area (Å²) in [5.74, 6) is 1.14. The highest BCUT2D eigenvalue weighted by Gasteiger charge is 2.24. The van der Waals surface area contributed by atoms with Crippen LogP contribution in [0.25, 0.3) is 0 Å². The average molecular weight is 389 g/mol. The molecule has 0 amide bonds. The van der Waals surface area contributed by atoms with Crippen LogP contribution in [0.2, 0.25) is 10.0 Å².